The van der Waals surface area contributed by atoms with Crippen LogP contribution in [0.4, 0.5) is 5.69 Å². The molecule has 3 nitrogen and oxygen atoms in total. The second-order valence-electron chi connectivity index (χ2n) is 2.20. The zero-order valence-electron chi connectivity index (χ0n) is 7.02. The van der Waals surface area contributed by atoms with Crippen molar-refractivity contribution in [2.75, 3.05) is 19.6 Å². The van der Waals surface area contributed by atoms with E-state index in [1.165, 1.54) is 0 Å². The molecule has 0 saturated carbocycles. The largest absolute Gasteiger partial charge is 0.493 e. The Morgan fingerprint density at radius 1 is 1.42 bits per heavy atom. The van der Waals surface area contributed by atoms with Crippen molar-refractivity contribution < 1.29 is 4.74 Å². The predicted molar refractivity (Wildman–Crippen MR) is 53.4 cm³/mol. The van der Waals surface area contributed by atoms with Crippen molar-refractivity contribution in [1.82, 2.24) is 5.43 Å². The highest BCUT2D eigenvalue weighted by atomic mass is 79.9. The van der Waals surface area contributed by atoms with Gasteiger partial charge in [-0.1, -0.05) is 6.07 Å². The molecule has 2 N–H and O–H groups in total. The Morgan fingerprint density at radius 3 is 2.75 bits per heavy atom. The lowest BCUT2D eigenvalue weighted by Gasteiger charge is -2.10. The third-order valence-corrected chi connectivity index (χ3v) is 2.06. The quantitative estimate of drug-likeness (QED) is 0.780. The van der Waals surface area contributed by atoms with Crippen LogP contribution < -0.4 is 15.6 Å². The highest BCUT2D eigenvalue weighted by molar-refractivity contribution is 9.10. The molecule has 66 valence electrons. The Morgan fingerprint density at radius 2 is 2.17 bits per heavy atom. The van der Waals surface area contributed by atoms with Gasteiger partial charge in [-0.2, -0.15) is 0 Å². The molecule has 1 rings (SSSR count). The molecular formula is C8H11BrN2O. The van der Waals surface area contributed by atoms with Crippen molar-refractivity contribution in [2.24, 2.45) is 0 Å². The lowest BCUT2D eigenvalue weighted by Crippen LogP contribution is -2.15. The summed E-state index contributed by atoms with van der Waals surface area (Å²) in [5.41, 5.74) is 6.71. The van der Waals surface area contributed by atoms with E-state index in [4.69, 9.17) is 4.74 Å². The summed E-state index contributed by atoms with van der Waals surface area (Å²) in [4.78, 5) is 0. The zero-order chi connectivity index (χ0) is 8.97. The van der Waals surface area contributed by atoms with Crippen LogP contribution in [0.2, 0.25) is 0 Å². The molecule has 12 heavy (non-hydrogen) atoms. The van der Waals surface area contributed by atoms with Gasteiger partial charge in [0, 0.05) is 7.05 Å². The van der Waals surface area contributed by atoms with E-state index < -0.39 is 0 Å². The van der Waals surface area contributed by atoms with E-state index in [0.717, 1.165) is 15.9 Å². The van der Waals surface area contributed by atoms with Crippen molar-refractivity contribution in [3.8, 4) is 5.75 Å². The van der Waals surface area contributed by atoms with Crippen LogP contribution in [-0.4, -0.2) is 14.2 Å². The number of nitrogens with one attached hydrogen (secondary N) is 2. The molecule has 1 aromatic carbocycles. The molecule has 1 aromatic rings. The van der Waals surface area contributed by atoms with Crippen molar-refractivity contribution in [1.29, 1.82) is 0 Å². The summed E-state index contributed by atoms with van der Waals surface area (Å²) in [7, 11) is 3.45. The molecule has 0 fully saturated rings. The lowest BCUT2D eigenvalue weighted by molar-refractivity contribution is 0.413. The number of anilines is 1. The van der Waals surface area contributed by atoms with Crippen LogP contribution in [0.1, 0.15) is 0 Å². The van der Waals surface area contributed by atoms with Gasteiger partial charge in [0.2, 0.25) is 0 Å². The summed E-state index contributed by atoms with van der Waals surface area (Å²) in [6.45, 7) is 0. The molecule has 0 aliphatic rings. The van der Waals surface area contributed by atoms with Gasteiger partial charge in [0.05, 0.1) is 17.3 Å². The third-order valence-electron chi connectivity index (χ3n) is 1.43. The van der Waals surface area contributed by atoms with Crippen LogP contribution in [0.25, 0.3) is 0 Å². The van der Waals surface area contributed by atoms with Crippen molar-refractivity contribution >= 4 is 21.6 Å². The summed E-state index contributed by atoms with van der Waals surface area (Å²) >= 11 is 3.38. The van der Waals surface area contributed by atoms with E-state index in [9.17, 15) is 0 Å². The first kappa shape index (κ1) is 9.35. The van der Waals surface area contributed by atoms with Gasteiger partial charge in [-0.15, -0.1) is 0 Å². The normalized spacial score (nSPS) is 9.58. The van der Waals surface area contributed by atoms with Gasteiger partial charge in [0.15, 0.2) is 5.75 Å². The van der Waals surface area contributed by atoms with Crippen LogP contribution in [-0.2, 0) is 0 Å². The fraction of sp³-hybridized carbons (Fsp3) is 0.250. The first-order valence-corrected chi connectivity index (χ1v) is 4.34. The Labute approximate surface area is 80.2 Å². The molecule has 0 radical (unpaired) electrons. The van der Waals surface area contributed by atoms with Gasteiger partial charge in [-0.05, 0) is 28.1 Å². The van der Waals surface area contributed by atoms with Crippen molar-refractivity contribution in [2.45, 2.75) is 0 Å². The Balaban J connectivity index is 3.00. The molecule has 0 heterocycles. The molecule has 0 amide bonds. The topological polar surface area (TPSA) is 33.3 Å². The second kappa shape index (κ2) is 4.33. The minimum atomic E-state index is 0.798. The predicted octanol–water partition coefficient (Wildman–Crippen LogP) is 2.00. The monoisotopic (exact) mass is 230 g/mol. The minimum Gasteiger partial charge on any atom is -0.493 e. The van der Waals surface area contributed by atoms with Crippen LogP contribution in [0.5, 0.6) is 5.75 Å². The van der Waals surface area contributed by atoms with E-state index in [0.29, 0.717) is 0 Å². The molecule has 0 saturated heterocycles. The van der Waals surface area contributed by atoms with Crippen LogP contribution >= 0.6 is 15.9 Å². The van der Waals surface area contributed by atoms with E-state index >= 15 is 0 Å². The number of hydrogen-bond donors (Lipinski definition) is 2. The van der Waals surface area contributed by atoms with Gasteiger partial charge in [0.25, 0.3) is 0 Å². The summed E-state index contributed by atoms with van der Waals surface area (Å²) in [5, 5.41) is 0. The van der Waals surface area contributed by atoms with E-state index in [2.05, 4.69) is 26.8 Å². The zero-order valence-corrected chi connectivity index (χ0v) is 8.60. The van der Waals surface area contributed by atoms with E-state index in [1.54, 1.807) is 14.2 Å². The van der Waals surface area contributed by atoms with Crippen molar-refractivity contribution in [3.05, 3.63) is 22.7 Å². The SMILES string of the molecule is CNNc1cccc(Br)c1OC. The molecule has 4 heteroatoms. The number of halogens is 1. The molecule has 0 atom stereocenters. The number of hydrazine groups is 1. The maximum absolute atomic E-state index is 5.18. The molecule has 0 unspecified atom stereocenters. The molecule has 0 bridgehead atoms. The van der Waals surface area contributed by atoms with E-state index in [-0.39, 0.29) is 0 Å². The number of para-hydroxylation sites is 1. The van der Waals surface area contributed by atoms with Gasteiger partial charge < -0.3 is 10.2 Å². The minimum absolute atomic E-state index is 0.798. The van der Waals surface area contributed by atoms with Gasteiger partial charge >= 0.3 is 0 Å². The van der Waals surface area contributed by atoms with E-state index in [1.807, 2.05) is 18.2 Å². The van der Waals surface area contributed by atoms with Crippen LogP contribution in [0.3, 0.4) is 0 Å². The molecule has 0 aliphatic carbocycles. The molecule has 0 aromatic heterocycles. The summed E-state index contributed by atoms with van der Waals surface area (Å²) in [5.74, 6) is 0.798. The highest BCUT2D eigenvalue weighted by Gasteiger charge is 2.04. The molecule has 0 aliphatic heterocycles. The molecular weight excluding hydrogens is 220 g/mol. The smallest absolute Gasteiger partial charge is 0.157 e. The first-order valence-electron chi connectivity index (χ1n) is 3.55. The average Bonchev–Trinajstić information content (AvgIpc) is 2.05. The van der Waals surface area contributed by atoms with Crippen LogP contribution in [0, 0.1) is 0 Å². The Kier molecular flexibility index (Phi) is 3.37. The van der Waals surface area contributed by atoms with Gasteiger partial charge in [-0.3, -0.25) is 0 Å². The third kappa shape index (κ3) is 1.89. The second-order valence-corrected chi connectivity index (χ2v) is 3.05. The Bertz CT molecular complexity index is 265. The summed E-state index contributed by atoms with van der Waals surface area (Å²) in [6, 6.07) is 5.80. The highest BCUT2D eigenvalue weighted by Crippen LogP contribution is 2.31. The lowest BCUT2D eigenvalue weighted by atomic mass is 10.3. The summed E-state index contributed by atoms with van der Waals surface area (Å²) < 4.78 is 6.11. The summed E-state index contributed by atoms with van der Waals surface area (Å²) in [6.07, 6.45) is 0. The number of ether oxygens (including phenoxy) is 1. The Hall–Kier alpha value is -0.740. The standard InChI is InChI=1S/C8H11BrN2O/c1-10-11-7-5-3-4-6(9)8(7)12-2/h3-5,10-11H,1-2H3. The maximum atomic E-state index is 5.18. The average molecular weight is 231 g/mol. The van der Waals surface area contributed by atoms with Crippen LogP contribution in [0.15, 0.2) is 22.7 Å². The number of hydrogen-bond acceptors (Lipinski definition) is 3. The van der Waals surface area contributed by atoms with Gasteiger partial charge in [-0.25, -0.2) is 5.43 Å². The van der Waals surface area contributed by atoms with Gasteiger partial charge in [0.1, 0.15) is 0 Å². The number of benzene rings is 1. The number of methoxy groups -OCH3 is 1. The maximum Gasteiger partial charge on any atom is 0.157 e. The first-order chi connectivity index (χ1) is 5.79. The molecule has 0 spiro atoms. The fourth-order valence-electron chi connectivity index (χ4n) is 0.949. The van der Waals surface area contributed by atoms with Crippen molar-refractivity contribution in [3.63, 3.8) is 0 Å². The fourth-order valence-corrected chi connectivity index (χ4v) is 1.48. The number of rotatable bonds is 3.